The van der Waals surface area contributed by atoms with Crippen molar-refractivity contribution >= 4 is 16.5 Å². The number of aromatic amines is 1. The Morgan fingerprint density at radius 2 is 1.82 bits per heavy atom. The number of hydrogen-bond donors (Lipinski definition) is 2. The highest BCUT2D eigenvalue weighted by Crippen LogP contribution is 2.26. The molecule has 28 heavy (non-hydrogen) atoms. The van der Waals surface area contributed by atoms with Gasteiger partial charge in [-0.15, -0.1) is 0 Å². The van der Waals surface area contributed by atoms with Crippen molar-refractivity contribution in [2.75, 3.05) is 32.0 Å². The highest BCUT2D eigenvalue weighted by Gasteiger charge is 2.08. The van der Waals surface area contributed by atoms with E-state index < -0.39 is 0 Å². The van der Waals surface area contributed by atoms with E-state index >= 15 is 0 Å². The summed E-state index contributed by atoms with van der Waals surface area (Å²) in [4.78, 5) is 14.4. The molecule has 0 unspecified atom stereocenters. The van der Waals surface area contributed by atoms with Gasteiger partial charge in [0.1, 0.15) is 0 Å². The van der Waals surface area contributed by atoms with Gasteiger partial charge in [-0.2, -0.15) is 5.10 Å². The second-order valence-electron chi connectivity index (χ2n) is 7.32. The van der Waals surface area contributed by atoms with E-state index in [1.165, 1.54) is 32.4 Å². The fourth-order valence-corrected chi connectivity index (χ4v) is 3.52. The average molecular weight is 379 g/mol. The Hall–Kier alpha value is -2.66. The standard InChI is InChI=1S/C23H30N4O/c1-3-15-27(2)16-8-4-7-14-24-19-11-9-10-18(17-19)22-20-12-5-6-13-21(20)23(28)26-25-22/h5-6,9-13,17,24H,3-4,7-8,14-16H2,1-2H3,(H,26,28). The van der Waals surface area contributed by atoms with Crippen LogP contribution < -0.4 is 10.9 Å². The lowest BCUT2D eigenvalue weighted by Gasteiger charge is -2.15. The predicted molar refractivity (Wildman–Crippen MR) is 118 cm³/mol. The molecule has 0 aliphatic rings. The molecule has 5 nitrogen and oxygen atoms in total. The summed E-state index contributed by atoms with van der Waals surface area (Å²) >= 11 is 0. The van der Waals surface area contributed by atoms with Crippen molar-refractivity contribution in [3.63, 3.8) is 0 Å². The van der Waals surface area contributed by atoms with E-state index in [0.29, 0.717) is 5.39 Å². The molecule has 2 aromatic carbocycles. The largest absolute Gasteiger partial charge is 0.385 e. The first kappa shape index (κ1) is 20.1. The number of nitrogens with zero attached hydrogens (tertiary/aromatic N) is 2. The third kappa shape index (κ3) is 5.20. The predicted octanol–water partition coefficient (Wildman–Crippen LogP) is 4.51. The zero-order valence-electron chi connectivity index (χ0n) is 16.9. The molecule has 1 aromatic heterocycles. The highest BCUT2D eigenvalue weighted by atomic mass is 16.1. The third-order valence-electron chi connectivity index (χ3n) is 4.98. The van der Waals surface area contributed by atoms with Crippen LogP contribution in [0.3, 0.4) is 0 Å². The van der Waals surface area contributed by atoms with Gasteiger partial charge in [0, 0.05) is 23.2 Å². The van der Waals surface area contributed by atoms with Crippen LogP contribution in [0.2, 0.25) is 0 Å². The van der Waals surface area contributed by atoms with Crippen LogP contribution in [0.1, 0.15) is 32.6 Å². The molecule has 0 spiro atoms. The maximum absolute atomic E-state index is 12.0. The van der Waals surface area contributed by atoms with Crippen molar-refractivity contribution in [1.82, 2.24) is 15.1 Å². The molecule has 0 saturated carbocycles. The van der Waals surface area contributed by atoms with E-state index in [2.05, 4.69) is 46.5 Å². The number of benzene rings is 2. The molecular formula is C23H30N4O. The second-order valence-corrected chi connectivity index (χ2v) is 7.32. The maximum atomic E-state index is 12.0. The first-order chi connectivity index (χ1) is 13.7. The molecule has 0 amide bonds. The Morgan fingerprint density at radius 1 is 1.00 bits per heavy atom. The number of fused-ring (bicyclic) bond motifs is 1. The summed E-state index contributed by atoms with van der Waals surface area (Å²) in [5.74, 6) is 0. The average Bonchev–Trinajstić information content (AvgIpc) is 2.71. The van der Waals surface area contributed by atoms with Gasteiger partial charge in [0.25, 0.3) is 5.56 Å². The first-order valence-corrected chi connectivity index (χ1v) is 10.2. The summed E-state index contributed by atoms with van der Waals surface area (Å²) in [5.41, 5.74) is 2.73. The fraction of sp³-hybridized carbons (Fsp3) is 0.391. The Morgan fingerprint density at radius 3 is 2.64 bits per heavy atom. The molecule has 0 aliphatic carbocycles. The summed E-state index contributed by atoms with van der Waals surface area (Å²) in [7, 11) is 2.20. The molecule has 0 atom stereocenters. The SMILES string of the molecule is CCCN(C)CCCCCNc1cccc(-c2n[nH]c(=O)c3ccccc23)c1. The van der Waals surface area contributed by atoms with E-state index in [4.69, 9.17) is 0 Å². The minimum Gasteiger partial charge on any atom is -0.385 e. The summed E-state index contributed by atoms with van der Waals surface area (Å²) in [5, 5.41) is 12.0. The molecule has 0 radical (unpaired) electrons. The zero-order chi connectivity index (χ0) is 19.8. The number of rotatable bonds is 10. The van der Waals surface area contributed by atoms with Crippen molar-refractivity contribution in [2.45, 2.75) is 32.6 Å². The van der Waals surface area contributed by atoms with Crippen molar-refractivity contribution in [2.24, 2.45) is 0 Å². The number of anilines is 1. The molecule has 0 aliphatic heterocycles. The molecule has 5 heteroatoms. The number of nitrogens with one attached hydrogen (secondary N) is 2. The highest BCUT2D eigenvalue weighted by molar-refractivity contribution is 5.94. The molecular weight excluding hydrogens is 348 g/mol. The van der Waals surface area contributed by atoms with Crippen LogP contribution in [0.15, 0.2) is 53.3 Å². The molecule has 3 rings (SSSR count). The van der Waals surface area contributed by atoms with Crippen LogP contribution in [0.4, 0.5) is 5.69 Å². The lowest BCUT2D eigenvalue weighted by molar-refractivity contribution is 0.326. The molecule has 0 saturated heterocycles. The summed E-state index contributed by atoms with van der Waals surface area (Å²) in [6, 6.07) is 15.8. The topological polar surface area (TPSA) is 61.0 Å². The van der Waals surface area contributed by atoms with Gasteiger partial charge in [-0.05, 0) is 57.6 Å². The minimum atomic E-state index is -0.154. The Labute approximate surface area is 166 Å². The van der Waals surface area contributed by atoms with Crippen LogP contribution in [0, 0.1) is 0 Å². The van der Waals surface area contributed by atoms with Crippen molar-refractivity contribution in [1.29, 1.82) is 0 Å². The maximum Gasteiger partial charge on any atom is 0.272 e. The molecule has 0 fully saturated rings. The van der Waals surface area contributed by atoms with Crippen molar-refractivity contribution in [3.8, 4) is 11.3 Å². The van der Waals surface area contributed by atoms with Gasteiger partial charge in [-0.25, -0.2) is 5.10 Å². The summed E-state index contributed by atoms with van der Waals surface area (Å²) < 4.78 is 0. The van der Waals surface area contributed by atoms with Gasteiger partial charge in [-0.3, -0.25) is 4.79 Å². The van der Waals surface area contributed by atoms with E-state index in [-0.39, 0.29) is 5.56 Å². The quantitative estimate of drug-likeness (QED) is 0.510. The fourth-order valence-electron chi connectivity index (χ4n) is 3.52. The number of aromatic nitrogens is 2. The lowest BCUT2D eigenvalue weighted by atomic mass is 10.0. The Kier molecular flexibility index (Phi) is 7.20. The van der Waals surface area contributed by atoms with Crippen molar-refractivity contribution < 1.29 is 0 Å². The number of H-pyrrole nitrogens is 1. The van der Waals surface area contributed by atoms with Crippen LogP contribution in [0.25, 0.3) is 22.0 Å². The van der Waals surface area contributed by atoms with Crippen molar-refractivity contribution in [3.05, 3.63) is 58.9 Å². The minimum absolute atomic E-state index is 0.154. The van der Waals surface area contributed by atoms with Gasteiger partial charge in [0.05, 0.1) is 11.1 Å². The van der Waals surface area contributed by atoms with Gasteiger partial charge < -0.3 is 10.2 Å². The number of hydrogen-bond acceptors (Lipinski definition) is 4. The van der Waals surface area contributed by atoms with Crippen LogP contribution in [-0.2, 0) is 0 Å². The van der Waals surface area contributed by atoms with E-state index in [0.717, 1.165) is 35.3 Å². The Balaban J connectivity index is 1.60. The van der Waals surface area contributed by atoms with Gasteiger partial charge in [0.2, 0.25) is 0 Å². The molecule has 1 heterocycles. The summed E-state index contributed by atoms with van der Waals surface area (Å²) in [6.07, 6.45) is 4.84. The van der Waals surface area contributed by atoms with Gasteiger partial charge in [0.15, 0.2) is 0 Å². The van der Waals surface area contributed by atoms with Gasteiger partial charge >= 0.3 is 0 Å². The van der Waals surface area contributed by atoms with Crippen LogP contribution in [-0.4, -0.2) is 41.8 Å². The lowest BCUT2D eigenvalue weighted by Crippen LogP contribution is -2.20. The summed E-state index contributed by atoms with van der Waals surface area (Å²) in [6.45, 7) is 5.54. The van der Waals surface area contributed by atoms with E-state index in [9.17, 15) is 4.79 Å². The van der Waals surface area contributed by atoms with Gasteiger partial charge in [-0.1, -0.05) is 43.7 Å². The first-order valence-electron chi connectivity index (χ1n) is 10.2. The molecule has 148 valence electrons. The van der Waals surface area contributed by atoms with E-state index in [1.807, 2.05) is 36.4 Å². The Bertz CT molecular complexity index is 950. The smallest absolute Gasteiger partial charge is 0.272 e. The zero-order valence-corrected chi connectivity index (χ0v) is 16.9. The molecule has 3 aromatic rings. The second kappa shape index (κ2) is 10.0. The van der Waals surface area contributed by atoms with E-state index in [1.54, 1.807) is 0 Å². The normalized spacial score (nSPS) is 11.2. The molecule has 0 bridgehead atoms. The monoisotopic (exact) mass is 378 g/mol. The number of unbranched alkanes of at least 4 members (excludes halogenated alkanes) is 2. The third-order valence-corrected chi connectivity index (χ3v) is 4.98. The van der Waals surface area contributed by atoms with Crippen LogP contribution in [0.5, 0.6) is 0 Å². The van der Waals surface area contributed by atoms with Crippen LogP contribution >= 0.6 is 0 Å². The molecule has 2 N–H and O–H groups in total.